The summed E-state index contributed by atoms with van der Waals surface area (Å²) in [5, 5.41) is 13.5. The molecule has 0 bridgehead atoms. The van der Waals surface area contributed by atoms with Crippen LogP contribution in [0.5, 0.6) is 5.75 Å². The van der Waals surface area contributed by atoms with Crippen LogP contribution in [0.3, 0.4) is 0 Å². The standard InChI is InChI=1S/C16H15BrN2O2/c1-2-15(11-5-3-7-13(17)9-11)18-19-16(21)12-6-4-8-14(20)10-12/h3-10,20H,2H2,1H3,(H,19,21)/b18-15-. The highest BCUT2D eigenvalue weighted by Gasteiger charge is 2.07. The maximum atomic E-state index is 12.0. The molecule has 0 aromatic heterocycles. The number of rotatable bonds is 4. The molecule has 0 aliphatic rings. The summed E-state index contributed by atoms with van der Waals surface area (Å²) in [5.41, 5.74) is 4.61. The first-order valence-corrected chi connectivity index (χ1v) is 7.31. The van der Waals surface area contributed by atoms with Crippen molar-refractivity contribution < 1.29 is 9.90 Å². The summed E-state index contributed by atoms with van der Waals surface area (Å²) < 4.78 is 0.959. The SMILES string of the molecule is CC/C(=N/NC(=O)c1cccc(O)c1)c1cccc(Br)c1. The zero-order valence-corrected chi connectivity index (χ0v) is 13.1. The molecular formula is C16H15BrN2O2. The molecule has 2 aromatic rings. The minimum Gasteiger partial charge on any atom is -0.508 e. The van der Waals surface area contributed by atoms with Crippen LogP contribution in [0.25, 0.3) is 0 Å². The predicted molar refractivity (Wildman–Crippen MR) is 86.5 cm³/mol. The van der Waals surface area contributed by atoms with Gasteiger partial charge in [-0.05, 0) is 42.3 Å². The lowest BCUT2D eigenvalue weighted by molar-refractivity contribution is 0.0954. The molecule has 0 radical (unpaired) electrons. The first-order valence-electron chi connectivity index (χ1n) is 6.52. The van der Waals surface area contributed by atoms with Crippen molar-refractivity contribution in [1.82, 2.24) is 5.43 Å². The number of carbonyl (C=O) groups excluding carboxylic acids is 1. The zero-order valence-electron chi connectivity index (χ0n) is 11.5. The number of phenolic OH excluding ortho intramolecular Hbond substituents is 1. The van der Waals surface area contributed by atoms with Crippen LogP contribution in [0.4, 0.5) is 0 Å². The Kier molecular flexibility index (Phi) is 5.11. The van der Waals surface area contributed by atoms with Crippen LogP contribution in [-0.4, -0.2) is 16.7 Å². The average molecular weight is 347 g/mol. The molecule has 5 heteroatoms. The van der Waals surface area contributed by atoms with Crippen molar-refractivity contribution in [2.45, 2.75) is 13.3 Å². The van der Waals surface area contributed by atoms with E-state index in [2.05, 4.69) is 26.5 Å². The van der Waals surface area contributed by atoms with Gasteiger partial charge in [-0.25, -0.2) is 5.43 Å². The molecule has 0 aliphatic heterocycles. The van der Waals surface area contributed by atoms with E-state index >= 15 is 0 Å². The molecule has 0 aliphatic carbocycles. The second-order valence-electron chi connectivity index (χ2n) is 4.41. The topological polar surface area (TPSA) is 61.7 Å². The van der Waals surface area contributed by atoms with Crippen molar-refractivity contribution >= 4 is 27.5 Å². The van der Waals surface area contributed by atoms with Crippen molar-refractivity contribution in [2.75, 3.05) is 0 Å². The van der Waals surface area contributed by atoms with Gasteiger partial charge in [0.05, 0.1) is 5.71 Å². The van der Waals surface area contributed by atoms with E-state index in [-0.39, 0.29) is 11.7 Å². The lowest BCUT2D eigenvalue weighted by atomic mass is 10.1. The molecule has 2 rings (SSSR count). The number of amides is 1. The summed E-state index contributed by atoms with van der Waals surface area (Å²) in [7, 11) is 0. The van der Waals surface area contributed by atoms with Crippen molar-refractivity contribution in [3.05, 3.63) is 64.1 Å². The van der Waals surface area contributed by atoms with Crippen LogP contribution >= 0.6 is 15.9 Å². The van der Waals surface area contributed by atoms with Crippen LogP contribution in [0.15, 0.2) is 58.1 Å². The molecule has 2 aromatic carbocycles. The lowest BCUT2D eigenvalue weighted by Gasteiger charge is -2.06. The second-order valence-corrected chi connectivity index (χ2v) is 5.33. The Labute approximate surface area is 131 Å². The van der Waals surface area contributed by atoms with Gasteiger partial charge in [-0.2, -0.15) is 5.10 Å². The summed E-state index contributed by atoms with van der Waals surface area (Å²) in [4.78, 5) is 12.0. The van der Waals surface area contributed by atoms with Gasteiger partial charge in [0.2, 0.25) is 0 Å². The maximum Gasteiger partial charge on any atom is 0.271 e. The molecule has 0 atom stereocenters. The van der Waals surface area contributed by atoms with E-state index in [1.54, 1.807) is 12.1 Å². The molecule has 108 valence electrons. The third kappa shape index (κ3) is 4.16. The number of aromatic hydroxyl groups is 1. The fourth-order valence-electron chi connectivity index (χ4n) is 1.85. The van der Waals surface area contributed by atoms with Gasteiger partial charge in [-0.1, -0.05) is 41.1 Å². The van der Waals surface area contributed by atoms with Gasteiger partial charge in [-0.15, -0.1) is 0 Å². The largest absolute Gasteiger partial charge is 0.508 e. The minimum absolute atomic E-state index is 0.0503. The number of carbonyl (C=O) groups is 1. The number of hydrogen-bond donors (Lipinski definition) is 2. The molecule has 4 nitrogen and oxygen atoms in total. The molecule has 2 N–H and O–H groups in total. The van der Waals surface area contributed by atoms with E-state index in [9.17, 15) is 9.90 Å². The average Bonchev–Trinajstić information content (AvgIpc) is 2.48. The molecule has 0 spiro atoms. The number of hydrazone groups is 1. The molecule has 0 heterocycles. The van der Waals surface area contributed by atoms with E-state index in [1.165, 1.54) is 12.1 Å². The summed E-state index contributed by atoms with van der Waals surface area (Å²) >= 11 is 3.41. The maximum absolute atomic E-state index is 12.0. The minimum atomic E-state index is -0.355. The van der Waals surface area contributed by atoms with Crippen molar-refractivity contribution in [2.24, 2.45) is 5.10 Å². The Balaban J connectivity index is 2.16. The third-order valence-corrected chi connectivity index (χ3v) is 3.39. The van der Waals surface area contributed by atoms with E-state index in [0.29, 0.717) is 12.0 Å². The highest BCUT2D eigenvalue weighted by molar-refractivity contribution is 9.10. The normalized spacial score (nSPS) is 11.2. The van der Waals surface area contributed by atoms with Crippen LogP contribution in [0.1, 0.15) is 29.3 Å². The van der Waals surface area contributed by atoms with Crippen LogP contribution in [0, 0.1) is 0 Å². The Morgan fingerprint density at radius 1 is 1.19 bits per heavy atom. The zero-order chi connectivity index (χ0) is 15.2. The number of halogens is 1. The van der Waals surface area contributed by atoms with Crippen LogP contribution < -0.4 is 5.43 Å². The fraction of sp³-hybridized carbons (Fsp3) is 0.125. The predicted octanol–water partition coefficient (Wildman–Crippen LogP) is 3.70. The Morgan fingerprint density at radius 2 is 1.90 bits per heavy atom. The van der Waals surface area contributed by atoms with Crippen LogP contribution in [0.2, 0.25) is 0 Å². The van der Waals surface area contributed by atoms with Gasteiger partial charge in [0.15, 0.2) is 0 Å². The molecule has 1 amide bonds. The van der Waals surface area contributed by atoms with Crippen molar-refractivity contribution in [1.29, 1.82) is 0 Å². The van der Waals surface area contributed by atoms with Crippen molar-refractivity contribution in [3.63, 3.8) is 0 Å². The van der Waals surface area contributed by atoms with Gasteiger partial charge in [-0.3, -0.25) is 4.79 Å². The Hall–Kier alpha value is -2.14. The van der Waals surface area contributed by atoms with Gasteiger partial charge in [0.1, 0.15) is 5.75 Å². The highest BCUT2D eigenvalue weighted by atomic mass is 79.9. The molecule has 0 saturated carbocycles. The van der Waals surface area contributed by atoms with E-state index in [4.69, 9.17) is 0 Å². The Morgan fingerprint density at radius 3 is 2.57 bits per heavy atom. The highest BCUT2D eigenvalue weighted by Crippen LogP contribution is 2.14. The number of nitrogens with one attached hydrogen (secondary N) is 1. The quantitative estimate of drug-likeness (QED) is 0.654. The lowest BCUT2D eigenvalue weighted by Crippen LogP contribution is -2.19. The molecular weight excluding hydrogens is 332 g/mol. The summed E-state index contributed by atoms with van der Waals surface area (Å²) in [6, 6.07) is 13.9. The van der Waals surface area contributed by atoms with E-state index < -0.39 is 0 Å². The molecule has 0 fully saturated rings. The second kappa shape index (κ2) is 7.04. The smallest absolute Gasteiger partial charge is 0.271 e. The number of benzene rings is 2. The van der Waals surface area contributed by atoms with Crippen molar-refractivity contribution in [3.8, 4) is 5.75 Å². The van der Waals surface area contributed by atoms with E-state index in [0.717, 1.165) is 15.7 Å². The van der Waals surface area contributed by atoms with Gasteiger partial charge in [0.25, 0.3) is 5.91 Å². The summed E-state index contributed by atoms with van der Waals surface area (Å²) in [6.07, 6.45) is 0.691. The molecule has 0 saturated heterocycles. The summed E-state index contributed by atoms with van der Waals surface area (Å²) in [5.74, 6) is -0.304. The van der Waals surface area contributed by atoms with Crippen LogP contribution in [-0.2, 0) is 0 Å². The van der Waals surface area contributed by atoms with E-state index in [1.807, 2.05) is 31.2 Å². The molecule has 0 unspecified atom stereocenters. The number of nitrogens with zero attached hydrogens (tertiary/aromatic N) is 1. The van der Waals surface area contributed by atoms with Gasteiger partial charge in [0, 0.05) is 10.0 Å². The molecule has 21 heavy (non-hydrogen) atoms. The Bertz CT molecular complexity index is 683. The monoisotopic (exact) mass is 346 g/mol. The van der Waals surface area contributed by atoms with Gasteiger partial charge < -0.3 is 5.11 Å². The third-order valence-electron chi connectivity index (χ3n) is 2.89. The van der Waals surface area contributed by atoms with Gasteiger partial charge >= 0.3 is 0 Å². The first kappa shape index (κ1) is 15.3. The first-order chi connectivity index (χ1) is 10.1. The fourth-order valence-corrected chi connectivity index (χ4v) is 2.24. The number of hydrogen-bond acceptors (Lipinski definition) is 3. The summed E-state index contributed by atoms with van der Waals surface area (Å²) in [6.45, 7) is 1.97. The number of phenols is 1.